The number of carbonyl (C=O) groups is 1. The topological polar surface area (TPSA) is 29.1 Å². The highest BCUT2D eigenvalue weighted by molar-refractivity contribution is 6.17. The molecule has 3 aliphatic carbocycles. The molecule has 0 spiro atoms. The van der Waals surface area contributed by atoms with E-state index in [1.54, 1.807) is 0 Å². The van der Waals surface area contributed by atoms with Gasteiger partial charge in [-0.05, 0) is 54.8 Å². The first-order valence-corrected chi connectivity index (χ1v) is 7.90. The zero-order valence-electron chi connectivity index (χ0n) is 11.4. The Morgan fingerprint density at radius 1 is 1.28 bits per heavy atom. The Morgan fingerprint density at radius 3 is 2.44 bits per heavy atom. The standard InChI is InChI=1S/C15H24ClNO/c1-15(2,5-6-16)8-17-14(18)13-11-9-3-4-10(7-9)12(11)13/h9-13H,3-8H2,1-2H3,(H,17,18). The van der Waals surface area contributed by atoms with Gasteiger partial charge in [-0.1, -0.05) is 13.8 Å². The first kappa shape index (κ1) is 12.8. The second-order valence-corrected chi connectivity index (χ2v) is 7.71. The van der Waals surface area contributed by atoms with Crippen LogP contribution in [0, 0.1) is 35.0 Å². The molecule has 1 amide bonds. The molecule has 0 aliphatic heterocycles. The van der Waals surface area contributed by atoms with E-state index >= 15 is 0 Å². The van der Waals surface area contributed by atoms with Crippen LogP contribution in [0.4, 0.5) is 0 Å². The predicted octanol–water partition coefficient (Wildman–Crippen LogP) is 3.05. The molecule has 0 aromatic carbocycles. The highest BCUT2D eigenvalue weighted by atomic mass is 35.5. The largest absolute Gasteiger partial charge is 0.355 e. The fraction of sp³-hybridized carbons (Fsp3) is 0.933. The predicted molar refractivity (Wildman–Crippen MR) is 73.4 cm³/mol. The molecule has 3 fully saturated rings. The van der Waals surface area contributed by atoms with Crippen molar-refractivity contribution < 1.29 is 4.79 Å². The first-order valence-electron chi connectivity index (χ1n) is 7.37. The Balaban J connectivity index is 1.49. The van der Waals surface area contributed by atoms with Crippen molar-refractivity contribution in [3.63, 3.8) is 0 Å². The maximum Gasteiger partial charge on any atom is 0.223 e. The number of alkyl halides is 1. The molecule has 2 nitrogen and oxygen atoms in total. The summed E-state index contributed by atoms with van der Waals surface area (Å²) >= 11 is 5.79. The monoisotopic (exact) mass is 269 g/mol. The van der Waals surface area contributed by atoms with Gasteiger partial charge in [-0.15, -0.1) is 11.6 Å². The van der Waals surface area contributed by atoms with E-state index in [0.717, 1.165) is 36.6 Å². The maximum absolute atomic E-state index is 12.2. The number of hydrogen-bond acceptors (Lipinski definition) is 1. The minimum atomic E-state index is 0.125. The summed E-state index contributed by atoms with van der Waals surface area (Å²) < 4.78 is 0. The summed E-state index contributed by atoms with van der Waals surface area (Å²) in [6.07, 6.45) is 5.13. The highest BCUT2D eigenvalue weighted by Crippen LogP contribution is 2.69. The van der Waals surface area contributed by atoms with Gasteiger partial charge in [0.1, 0.15) is 0 Å². The molecule has 3 heteroatoms. The van der Waals surface area contributed by atoms with Crippen LogP contribution in [0.3, 0.4) is 0 Å². The van der Waals surface area contributed by atoms with Gasteiger partial charge < -0.3 is 5.32 Å². The number of fused-ring (bicyclic) bond motifs is 5. The molecule has 3 aliphatic rings. The minimum absolute atomic E-state index is 0.125. The zero-order chi connectivity index (χ0) is 12.9. The van der Waals surface area contributed by atoms with Crippen molar-refractivity contribution in [3.05, 3.63) is 0 Å². The van der Waals surface area contributed by atoms with Crippen LogP contribution in [0.25, 0.3) is 0 Å². The molecule has 3 rings (SSSR count). The minimum Gasteiger partial charge on any atom is -0.355 e. The average molecular weight is 270 g/mol. The lowest BCUT2D eigenvalue weighted by Gasteiger charge is -2.24. The van der Waals surface area contributed by atoms with Gasteiger partial charge in [0.25, 0.3) is 0 Å². The third-order valence-corrected chi connectivity index (χ3v) is 5.74. The van der Waals surface area contributed by atoms with Crippen LogP contribution in [0.5, 0.6) is 0 Å². The molecule has 0 heterocycles. The van der Waals surface area contributed by atoms with E-state index < -0.39 is 0 Å². The Kier molecular flexibility index (Phi) is 3.12. The molecule has 102 valence electrons. The number of nitrogens with one attached hydrogen (secondary N) is 1. The smallest absolute Gasteiger partial charge is 0.223 e. The van der Waals surface area contributed by atoms with Crippen molar-refractivity contribution in [1.82, 2.24) is 5.32 Å². The van der Waals surface area contributed by atoms with Gasteiger partial charge in [0, 0.05) is 18.3 Å². The van der Waals surface area contributed by atoms with Crippen LogP contribution in [-0.2, 0) is 4.79 Å². The average Bonchev–Trinajstić information content (AvgIpc) is 2.75. The summed E-state index contributed by atoms with van der Waals surface area (Å²) in [4.78, 5) is 12.2. The Morgan fingerprint density at radius 2 is 1.89 bits per heavy atom. The fourth-order valence-electron chi connectivity index (χ4n) is 4.46. The van der Waals surface area contributed by atoms with Crippen LogP contribution in [0.2, 0.25) is 0 Å². The highest BCUT2D eigenvalue weighted by Gasteiger charge is 2.67. The van der Waals surface area contributed by atoms with E-state index in [1.165, 1.54) is 19.3 Å². The van der Waals surface area contributed by atoms with E-state index in [4.69, 9.17) is 11.6 Å². The van der Waals surface area contributed by atoms with Gasteiger partial charge in [0.15, 0.2) is 0 Å². The number of hydrogen-bond donors (Lipinski definition) is 1. The van der Waals surface area contributed by atoms with Crippen molar-refractivity contribution in [2.45, 2.75) is 39.5 Å². The molecular formula is C15H24ClNO. The number of amides is 1. The van der Waals surface area contributed by atoms with Crippen molar-refractivity contribution in [1.29, 1.82) is 0 Å². The normalized spacial score (nSPS) is 40.7. The number of carbonyl (C=O) groups excluding carboxylic acids is 1. The molecule has 3 saturated carbocycles. The fourth-order valence-corrected chi connectivity index (χ4v) is 4.98. The van der Waals surface area contributed by atoms with Crippen molar-refractivity contribution in [3.8, 4) is 0 Å². The summed E-state index contributed by atoms with van der Waals surface area (Å²) in [5.41, 5.74) is 0.125. The molecule has 0 saturated heterocycles. The molecule has 0 radical (unpaired) electrons. The van der Waals surface area contributed by atoms with E-state index in [1.807, 2.05) is 0 Å². The van der Waals surface area contributed by atoms with Gasteiger partial charge >= 0.3 is 0 Å². The van der Waals surface area contributed by atoms with Gasteiger partial charge in [-0.2, -0.15) is 0 Å². The van der Waals surface area contributed by atoms with E-state index in [2.05, 4.69) is 19.2 Å². The van der Waals surface area contributed by atoms with Gasteiger partial charge in [0.2, 0.25) is 5.91 Å². The molecule has 0 aromatic rings. The van der Waals surface area contributed by atoms with Crippen LogP contribution in [0.1, 0.15) is 39.5 Å². The Labute approximate surface area is 115 Å². The van der Waals surface area contributed by atoms with Crippen molar-refractivity contribution in [2.24, 2.45) is 35.0 Å². The second kappa shape index (κ2) is 4.40. The van der Waals surface area contributed by atoms with Crippen molar-refractivity contribution >= 4 is 17.5 Å². The molecular weight excluding hydrogens is 246 g/mol. The van der Waals surface area contributed by atoms with Gasteiger partial charge in [-0.25, -0.2) is 0 Å². The SMILES string of the molecule is CC(C)(CCCl)CNC(=O)C1C2C3CCC(C3)C12. The molecule has 1 N–H and O–H groups in total. The van der Waals surface area contributed by atoms with Crippen molar-refractivity contribution in [2.75, 3.05) is 12.4 Å². The lowest BCUT2D eigenvalue weighted by atomic mass is 9.90. The number of halogens is 1. The lowest BCUT2D eigenvalue weighted by Crippen LogP contribution is -2.36. The second-order valence-electron chi connectivity index (χ2n) is 7.33. The summed E-state index contributed by atoms with van der Waals surface area (Å²) in [5.74, 6) is 4.62. The van der Waals surface area contributed by atoms with Gasteiger partial charge in [0.05, 0.1) is 0 Å². The van der Waals surface area contributed by atoms with Crippen LogP contribution >= 0.6 is 11.6 Å². The maximum atomic E-state index is 12.2. The van der Waals surface area contributed by atoms with Crippen LogP contribution in [0.15, 0.2) is 0 Å². The molecule has 4 atom stereocenters. The van der Waals surface area contributed by atoms with E-state index in [0.29, 0.717) is 17.7 Å². The Bertz CT molecular complexity index is 338. The van der Waals surface area contributed by atoms with Crippen LogP contribution < -0.4 is 5.32 Å². The third-order valence-electron chi connectivity index (χ3n) is 5.55. The number of rotatable bonds is 5. The summed E-state index contributed by atoms with van der Waals surface area (Å²) in [7, 11) is 0. The Hall–Kier alpha value is -0.240. The van der Waals surface area contributed by atoms with E-state index in [-0.39, 0.29) is 5.41 Å². The summed E-state index contributed by atoms with van der Waals surface area (Å²) in [5, 5.41) is 3.17. The molecule has 4 unspecified atom stereocenters. The van der Waals surface area contributed by atoms with E-state index in [9.17, 15) is 4.79 Å². The molecule has 0 aromatic heterocycles. The van der Waals surface area contributed by atoms with Crippen LogP contribution in [-0.4, -0.2) is 18.3 Å². The summed E-state index contributed by atoms with van der Waals surface area (Å²) in [6, 6.07) is 0. The van der Waals surface area contributed by atoms with Gasteiger partial charge in [-0.3, -0.25) is 4.79 Å². The first-order chi connectivity index (χ1) is 8.53. The molecule has 2 bridgehead atoms. The summed E-state index contributed by atoms with van der Waals surface area (Å²) in [6.45, 7) is 5.12. The quantitative estimate of drug-likeness (QED) is 0.764. The third kappa shape index (κ3) is 2.07. The zero-order valence-corrected chi connectivity index (χ0v) is 12.2. The lowest BCUT2D eigenvalue weighted by molar-refractivity contribution is -0.123. The molecule has 18 heavy (non-hydrogen) atoms.